The van der Waals surface area contributed by atoms with E-state index in [0.717, 1.165) is 0 Å². The Bertz CT molecular complexity index is 469. The predicted molar refractivity (Wildman–Crippen MR) is 69.5 cm³/mol. The smallest absolute Gasteiger partial charge is 0.159 e. The van der Waals surface area contributed by atoms with Crippen molar-refractivity contribution < 1.29 is 17.9 Å². The lowest BCUT2D eigenvalue weighted by Crippen LogP contribution is -2.32. The maximum atomic E-state index is 12.1. The minimum Gasteiger partial charge on any atom is -0.493 e. The van der Waals surface area contributed by atoms with Crippen molar-refractivity contribution in [2.45, 2.75) is 24.7 Å². The highest BCUT2D eigenvalue weighted by atomic mass is 32.2. The Hall–Kier alpha value is -1.07. The molecule has 0 spiro atoms. The second kappa shape index (κ2) is 5.71. The number of sulfone groups is 1. The molecule has 0 aromatic heterocycles. The second-order valence-electron chi connectivity index (χ2n) is 4.43. The molecule has 1 saturated heterocycles. The zero-order valence-electron chi connectivity index (χ0n) is 10.4. The van der Waals surface area contributed by atoms with Crippen molar-refractivity contribution in [1.29, 1.82) is 0 Å². The normalized spacial score (nSPS) is 24.1. The van der Waals surface area contributed by atoms with E-state index >= 15 is 0 Å². The summed E-state index contributed by atoms with van der Waals surface area (Å²) in [4.78, 5) is 0. The van der Waals surface area contributed by atoms with Crippen LogP contribution in [0.25, 0.3) is 0 Å². The van der Waals surface area contributed by atoms with Gasteiger partial charge in [0.25, 0.3) is 0 Å². The zero-order valence-corrected chi connectivity index (χ0v) is 11.2. The van der Waals surface area contributed by atoms with Crippen molar-refractivity contribution in [3.63, 3.8) is 0 Å². The van der Waals surface area contributed by atoms with Crippen molar-refractivity contribution in [3.05, 3.63) is 30.3 Å². The van der Waals surface area contributed by atoms with E-state index in [4.69, 9.17) is 9.47 Å². The van der Waals surface area contributed by atoms with Crippen molar-refractivity contribution in [2.24, 2.45) is 0 Å². The molecule has 0 unspecified atom stereocenters. The van der Waals surface area contributed by atoms with Crippen LogP contribution in [0.4, 0.5) is 0 Å². The van der Waals surface area contributed by atoms with Gasteiger partial charge in [0.05, 0.1) is 17.1 Å². The summed E-state index contributed by atoms with van der Waals surface area (Å²) >= 11 is 0. The van der Waals surface area contributed by atoms with Gasteiger partial charge in [0, 0.05) is 6.61 Å². The summed E-state index contributed by atoms with van der Waals surface area (Å²) in [6, 6.07) is 9.23. The standard InChI is InChI=1S/C13H18O4S/c1-11-13(7-8-16-11)18(14,15)10-9-17-12-5-3-2-4-6-12/h2-6,11,13H,7-10H2,1H3/t11-,13+/m0/s1. The molecule has 1 fully saturated rings. The highest BCUT2D eigenvalue weighted by Crippen LogP contribution is 2.21. The van der Waals surface area contributed by atoms with Crippen molar-refractivity contribution in [3.8, 4) is 5.75 Å². The van der Waals surface area contributed by atoms with Gasteiger partial charge < -0.3 is 9.47 Å². The van der Waals surface area contributed by atoms with Crippen molar-refractivity contribution in [1.82, 2.24) is 0 Å². The molecule has 0 saturated carbocycles. The minimum atomic E-state index is -3.13. The van der Waals surface area contributed by atoms with Gasteiger partial charge in [-0.15, -0.1) is 0 Å². The van der Waals surface area contributed by atoms with E-state index in [1.807, 2.05) is 37.3 Å². The Morgan fingerprint density at radius 3 is 2.67 bits per heavy atom. The van der Waals surface area contributed by atoms with Crippen LogP contribution in [0, 0.1) is 0 Å². The van der Waals surface area contributed by atoms with Gasteiger partial charge in [-0.1, -0.05) is 18.2 Å². The average molecular weight is 270 g/mol. The van der Waals surface area contributed by atoms with Crippen LogP contribution in [0.2, 0.25) is 0 Å². The van der Waals surface area contributed by atoms with Gasteiger partial charge in [-0.3, -0.25) is 0 Å². The number of ether oxygens (including phenoxy) is 2. The monoisotopic (exact) mass is 270 g/mol. The van der Waals surface area contributed by atoms with Gasteiger partial charge in [-0.2, -0.15) is 0 Å². The van der Waals surface area contributed by atoms with Crippen LogP contribution in [0.3, 0.4) is 0 Å². The summed E-state index contributed by atoms with van der Waals surface area (Å²) in [5, 5.41) is -0.378. The first kappa shape index (κ1) is 13.4. The van der Waals surface area contributed by atoms with E-state index in [2.05, 4.69) is 0 Å². The maximum Gasteiger partial charge on any atom is 0.159 e. The fourth-order valence-corrected chi connectivity index (χ4v) is 3.86. The third-order valence-electron chi connectivity index (χ3n) is 3.15. The summed E-state index contributed by atoms with van der Waals surface area (Å²) in [5.41, 5.74) is 0. The predicted octanol–water partition coefficient (Wildman–Crippen LogP) is 1.66. The fourth-order valence-electron chi connectivity index (χ4n) is 2.13. The molecule has 2 atom stereocenters. The van der Waals surface area contributed by atoms with Crippen LogP contribution in [0.5, 0.6) is 5.75 Å². The van der Waals surface area contributed by atoms with Crippen LogP contribution < -0.4 is 4.74 Å². The molecular weight excluding hydrogens is 252 g/mol. The van der Waals surface area contributed by atoms with E-state index in [9.17, 15) is 8.42 Å². The van der Waals surface area contributed by atoms with Gasteiger partial charge in [0.1, 0.15) is 12.4 Å². The van der Waals surface area contributed by atoms with Crippen molar-refractivity contribution in [2.75, 3.05) is 19.0 Å². The van der Waals surface area contributed by atoms with Crippen molar-refractivity contribution >= 4 is 9.84 Å². The molecule has 1 aromatic rings. The van der Waals surface area contributed by atoms with Crippen LogP contribution >= 0.6 is 0 Å². The minimum absolute atomic E-state index is 0.0419. The summed E-state index contributed by atoms with van der Waals surface area (Å²) in [5.74, 6) is 0.740. The number of rotatable bonds is 5. The van der Waals surface area contributed by atoms with Crippen LogP contribution in [-0.4, -0.2) is 38.7 Å². The van der Waals surface area contributed by atoms with E-state index in [0.29, 0.717) is 18.8 Å². The van der Waals surface area contributed by atoms with Crippen LogP contribution in [-0.2, 0) is 14.6 Å². The number of benzene rings is 1. The molecule has 0 bridgehead atoms. The first-order chi connectivity index (χ1) is 8.59. The average Bonchev–Trinajstić information content (AvgIpc) is 2.77. The molecule has 0 amide bonds. The maximum absolute atomic E-state index is 12.1. The number of para-hydroxylation sites is 1. The fraction of sp³-hybridized carbons (Fsp3) is 0.538. The molecule has 4 nitrogen and oxygen atoms in total. The summed E-state index contributed by atoms with van der Waals surface area (Å²) in [6.45, 7) is 2.54. The van der Waals surface area contributed by atoms with Crippen LogP contribution in [0.1, 0.15) is 13.3 Å². The summed E-state index contributed by atoms with van der Waals surface area (Å²) in [7, 11) is -3.13. The molecule has 5 heteroatoms. The van der Waals surface area contributed by atoms with E-state index in [1.165, 1.54) is 0 Å². The quantitative estimate of drug-likeness (QED) is 0.816. The van der Waals surface area contributed by atoms with E-state index in [1.54, 1.807) is 0 Å². The molecule has 100 valence electrons. The van der Waals surface area contributed by atoms with E-state index < -0.39 is 9.84 Å². The lowest BCUT2D eigenvalue weighted by atomic mass is 10.3. The Morgan fingerprint density at radius 2 is 2.06 bits per heavy atom. The van der Waals surface area contributed by atoms with E-state index in [-0.39, 0.29) is 23.7 Å². The SMILES string of the molecule is C[C@@H]1OCC[C@H]1S(=O)(=O)CCOc1ccccc1. The molecule has 0 N–H and O–H groups in total. The highest BCUT2D eigenvalue weighted by molar-refractivity contribution is 7.92. The van der Waals surface area contributed by atoms with Gasteiger partial charge in [-0.05, 0) is 25.5 Å². The number of hydrogen-bond donors (Lipinski definition) is 0. The molecule has 1 aliphatic heterocycles. The zero-order chi connectivity index (χ0) is 13.0. The Kier molecular flexibility index (Phi) is 4.24. The largest absolute Gasteiger partial charge is 0.493 e. The Labute approximate surface area is 108 Å². The molecule has 1 aromatic carbocycles. The Morgan fingerprint density at radius 1 is 1.33 bits per heavy atom. The first-order valence-electron chi connectivity index (χ1n) is 6.10. The van der Waals surface area contributed by atoms with Gasteiger partial charge in [0.15, 0.2) is 9.84 Å². The molecule has 0 aliphatic carbocycles. The third kappa shape index (κ3) is 3.23. The lowest BCUT2D eigenvalue weighted by molar-refractivity contribution is 0.126. The molecule has 2 rings (SSSR count). The lowest BCUT2D eigenvalue weighted by Gasteiger charge is -2.15. The summed E-state index contributed by atoms with van der Waals surface area (Å²) < 4.78 is 34.9. The summed E-state index contributed by atoms with van der Waals surface area (Å²) in [6.07, 6.45) is 0.390. The molecule has 1 aliphatic rings. The molecule has 1 heterocycles. The Balaban J connectivity index is 1.86. The van der Waals surface area contributed by atoms with Gasteiger partial charge in [-0.25, -0.2) is 8.42 Å². The molecule has 0 radical (unpaired) electrons. The molecular formula is C13H18O4S. The van der Waals surface area contributed by atoms with Gasteiger partial charge in [0.2, 0.25) is 0 Å². The highest BCUT2D eigenvalue weighted by Gasteiger charge is 2.35. The third-order valence-corrected chi connectivity index (χ3v) is 5.42. The topological polar surface area (TPSA) is 52.6 Å². The molecule has 18 heavy (non-hydrogen) atoms. The number of hydrogen-bond acceptors (Lipinski definition) is 4. The van der Waals surface area contributed by atoms with Crippen LogP contribution in [0.15, 0.2) is 30.3 Å². The van der Waals surface area contributed by atoms with Gasteiger partial charge >= 0.3 is 0 Å². The second-order valence-corrected chi connectivity index (χ2v) is 6.77. The first-order valence-corrected chi connectivity index (χ1v) is 7.82.